The van der Waals surface area contributed by atoms with E-state index in [1.807, 2.05) is 5.01 Å². The lowest BCUT2D eigenvalue weighted by atomic mass is 10.2. The number of nitrogens with one attached hydrogen (secondary N) is 1. The van der Waals surface area contributed by atoms with E-state index in [0.29, 0.717) is 0 Å². The van der Waals surface area contributed by atoms with Crippen LogP contribution in [0.3, 0.4) is 0 Å². The fourth-order valence-corrected chi connectivity index (χ4v) is 2.27. The van der Waals surface area contributed by atoms with Crippen LogP contribution in [0.25, 0.3) is 0 Å². The molecule has 1 N–H and O–H groups in total. The third-order valence-corrected chi connectivity index (χ3v) is 3.28. The Morgan fingerprint density at radius 3 is 2.33 bits per heavy atom. The molecule has 2 fully saturated rings. The molecule has 0 aliphatic carbocycles. The van der Waals surface area contributed by atoms with Crippen LogP contribution < -0.4 is 5.32 Å². The van der Waals surface area contributed by atoms with Crippen LogP contribution >= 0.6 is 0 Å². The Kier molecular flexibility index (Phi) is 2.92. The van der Waals surface area contributed by atoms with Crippen molar-refractivity contribution in [3.8, 4) is 0 Å². The Balaban J connectivity index is 2.11. The van der Waals surface area contributed by atoms with Crippen molar-refractivity contribution in [3.63, 3.8) is 0 Å². The highest BCUT2D eigenvalue weighted by atomic mass is 32.2. The Morgan fingerprint density at radius 1 is 1.13 bits per heavy atom. The van der Waals surface area contributed by atoms with Crippen LogP contribution in [0.1, 0.15) is 19.3 Å². The molecule has 84 valence electrons. The van der Waals surface area contributed by atoms with Crippen LogP contribution in [-0.4, -0.2) is 49.1 Å². The van der Waals surface area contributed by atoms with Crippen LogP contribution in [-0.2, 0) is 10.3 Å². The zero-order valence-corrected chi connectivity index (χ0v) is 9.09. The monoisotopic (exact) mass is 231 g/mol. The maximum absolute atomic E-state index is 11.5. The Bertz CT molecular complexity index is 389. The van der Waals surface area contributed by atoms with Crippen molar-refractivity contribution in [2.24, 2.45) is 0 Å². The minimum absolute atomic E-state index is 0.0607. The van der Waals surface area contributed by atoms with E-state index >= 15 is 0 Å². The summed E-state index contributed by atoms with van der Waals surface area (Å²) < 4.78 is 21.4. The molecule has 2 saturated heterocycles. The molecule has 0 aromatic carbocycles. The third-order valence-electron chi connectivity index (χ3n) is 2.65. The molecule has 2 heterocycles. The SMILES string of the molecule is O=C1NC(=S(=O)=O)CN1N1CCCCC1. The molecule has 15 heavy (non-hydrogen) atoms. The first-order valence-electron chi connectivity index (χ1n) is 4.97. The standard InChI is InChI=1S/C8H13N3O3S/c12-8-9-7(15(13)14)6-11(8)10-4-2-1-3-5-10/h1-6H2,(H,9,12). The van der Waals surface area contributed by atoms with Gasteiger partial charge in [-0.25, -0.2) is 14.8 Å². The van der Waals surface area contributed by atoms with Gasteiger partial charge in [-0.3, -0.25) is 5.32 Å². The first kappa shape index (κ1) is 10.4. The number of carbonyl (C=O) groups is 1. The number of hydrogen-bond donors (Lipinski definition) is 1. The van der Waals surface area contributed by atoms with E-state index in [-0.39, 0.29) is 17.6 Å². The number of piperidine rings is 1. The molecule has 6 nitrogen and oxygen atoms in total. The van der Waals surface area contributed by atoms with Crippen molar-refractivity contribution in [2.75, 3.05) is 19.6 Å². The van der Waals surface area contributed by atoms with Crippen LogP contribution in [0.2, 0.25) is 0 Å². The predicted molar refractivity (Wildman–Crippen MR) is 54.6 cm³/mol. The third kappa shape index (κ3) is 2.13. The van der Waals surface area contributed by atoms with Gasteiger partial charge < -0.3 is 0 Å². The van der Waals surface area contributed by atoms with Gasteiger partial charge in [0.2, 0.25) is 10.3 Å². The number of rotatable bonds is 1. The lowest BCUT2D eigenvalue weighted by Crippen LogP contribution is -2.47. The molecule has 2 amide bonds. The lowest BCUT2D eigenvalue weighted by Gasteiger charge is -2.33. The van der Waals surface area contributed by atoms with Gasteiger partial charge in [0, 0.05) is 13.1 Å². The lowest BCUT2D eigenvalue weighted by molar-refractivity contribution is 0.0192. The molecule has 0 spiro atoms. The average Bonchev–Trinajstić information content (AvgIpc) is 2.62. The summed E-state index contributed by atoms with van der Waals surface area (Å²) in [5, 5.41) is 5.74. The quantitative estimate of drug-likeness (QED) is 0.613. The number of nitrogens with zero attached hydrogens (tertiary/aromatic N) is 2. The minimum Gasteiger partial charge on any atom is -0.295 e. The molecule has 2 aliphatic rings. The van der Waals surface area contributed by atoms with Crippen molar-refractivity contribution in [3.05, 3.63) is 0 Å². The van der Waals surface area contributed by atoms with Crippen LogP contribution in [0, 0.1) is 0 Å². The highest BCUT2D eigenvalue weighted by Gasteiger charge is 2.31. The molecule has 0 aromatic heterocycles. The van der Waals surface area contributed by atoms with E-state index in [0.717, 1.165) is 25.9 Å². The Morgan fingerprint density at radius 2 is 1.80 bits per heavy atom. The number of amides is 2. The number of hydrogen-bond acceptors (Lipinski definition) is 4. The summed E-state index contributed by atoms with van der Waals surface area (Å²) in [6, 6.07) is -0.337. The van der Waals surface area contributed by atoms with Crippen LogP contribution in [0.4, 0.5) is 4.79 Å². The topological polar surface area (TPSA) is 69.7 Å². The van der Waals surface area contributed by atoms with E-state index < -0.39 is 10.3 Å². The van der Waals surface area contributed by atoms with Gasteiger partial charge in [-0.1, -0.05) is 6.42 Å². The molecule has 0 bridgehead atoms. The Hall–Kier alpha value is -1.08. The molecule has 0 unspecified atom stereocenters. The zero-order valence-electron chi connectivity index (χ0n) is 8.27. The maximum atomic E-state index is 11.5. The average molecular weight is 231 g/mol. The van der Waals surface area contributed by atoms with Crippen LogP contribution in [0.15, 0.2) is 0 Å². The van der Waals surface area contributed by atoms with Crippen molar-refractivity contribution in [1.82, 2.24) is 15.3 Å². The predicted octanol–water partition coefficient (Wildman–Crippen LogP) is -0.579. The fourth-order valence-electron chi connectivity index (χ4n) is 1.87. The molecule has 2 aliphatic heterocycles. The first-order chi connectivity index (χ1) is 7.18. The molecular formula is C8H13N3O3S. The number of hydrazine groups is 1. The van der Waals surface area contributed by atoms with Gasteiger partial charge in [0.15, 0.2) is 4.99 Å². The van der Waals surface area contributed by atoms with E-state index in [9.17, 15) is 13.2 Å². The van der Waals surface area contributed by atoms with E-state index in [4.69, 9.17) is 0 Å². The van der Waals surface area contributed by atoms with Crippen LogP contribution in [0.5, 0.6) is 0 Å². The summed E-state index contributed by atoms with van der Waals surface area (Å²) in [7, 11) is -2.32. The highest BCUT2D eigenvalue weighted by Crippen LogP contribution is 2.13. The first-order valence-corrected chi connectivity index (χ1v) is 6.04. The van der Waals surface area contributed by atoms with Crippen molar-refractivity contribution in [1.29, 1.82) is 0 Å². The van der Waals surface area contributed by atoms with Crippen molar-refractivity contribution < 1.29 is 13.2 Å². The Labute approximate surface area is 89.3 Å². The number of urea groups is 1. The van der Waals surface area contributed by atoms with E-state index in [1.54, 1.807) is 0 Å². The van der Waals surface area contributed by atoms with Gasteiger partial charge in [-0.15, -0.1) is 0 Å². The van der Waals surface area contributed by atoms with Gasteiger partial charge in [0.1, 0.15) is 0 Å². The van der Waals surface area contributed by atoms with Gasteiger partial charge in [0.05, 0.1) is 6.54 Å². The molecule has 7 heteroatoms. The molecule has 2 rings (SSSR count). The second-order valence-corrected chi connectivity index (χ2v) is 4.62. The van der Waals surface area contributed by atoms with Gasteiger partial charge in [-0.05, 0) is 12.8 Å². The fraction of sp³-hybridized carbons (Fsp3) is 0.750. The molecule has 0 radical (unpaired) electrons. The molecule has 0 saturated carbocycles. The van der Waals surface area contributed by atoms with Crippen molar-refractivity contribution >= 4 is 21.3 Å². The van der Waals surface area contributed by atoms with Gasteiger partial charge in [-0.2, -0.15) is 8.42 Å². The van der Waals surface area contributed by atoms with Crippen molar-refractivity contribution in [2.45, 2.75) is 19.3 Å². The maximum Gasteiger partial charge on any atom is 0.337 e. The summed E-state index contributed by atoms with van der Waals surface area (Å²) in [6.45, 7) is 1.80. The second kappa shape index (κ2) is 4.19. The summed E-state index contributed by atoms with van der Waals surface area (Å²) >= 11 is 0. The van der Waals surface area contributed by atoms with Gasteiger partial charge in [0.25, 0.3) is 0 Å². The van der Waals surface area contributed by atoms with Gasteiger partial charge >= 0.3 is 6.03 Å². The number of carbonyl (C=O) groups excluding carboxylic acids is 1. The minimum atomic E-state index is -2.32. The summed E-state index contributed by atoms with van der Waals surface area (Å²) in [6.07, 6.45) is 3.29. The molecule has 0 atom stereocenters. The van der Waals surface area contributed by atoms with E-state index in [2.05, 4.69) is 5.32 Å². The summed E-state index contributed by atoms with van der Waals surface area (Å²) in [4.78, 5) is 11.5. The van der Waals surface area contributed by atoms with E-state index in [1.165, 1.54) is 11.4 Å². The summed E-state index contributed by atoms with van der Waals surface area (Å²) in [5.74, 6) is 0. The normalized spacial score (nSPS) is 23.1. The second-order valence-electron chi connectivity index (χ2n) is 3.66. The zero-order chi connectivity index (χ0) is 10.8. The summed E-state index contributed by atoms with van der Waals surface area (Å²) in [5.41, 5.74) is 0. The molecular weight excluding hydrogens is 218 g/mol. The smallest absolute Gasteiger partial charge is 0.295 e. The largest absolute Gasteiger partial charge is 0.337 e. The molecule has 0 aromatic rings. The highest BCUT2D eigenvalue weighted by molar-refractivity contribution is 7.73.